The van der Waals surface area contributed by atoms with Crippen LogP contribution >= 0.6 is 0 Å². The number of benzene rings is 1. The molecule has 0 spiro atoms. The van der Waals surface area contributed by atoms with Gasteiger partial charge in [0.2, 0.25) is 0 Å². The van der Waals surface area contributed by atoms with Gasteiger partial charge in [-0.2, -0.15) is 0 Å². The van der Waals surface area contributed by atoms with Crippen molar-refractivity contribution in [1.82, 2.24) is 0 Å². The number of rotatable bonds is 4. The van der Waals surface area contributed by atoms with E-state index in [2.05, 4.69) is 11.9 Å². The molecule has 3 rings (SSSR count). The lowest BCUT2D eigenvalue weighted by Crippen LogP contribution is -2.26. The minimum absolute atomic E-state index is 0.306. The molecular weight excluding hydrogens is 247 g/mol. The summed E-state index contributed by atoms with van der Waals surface area (Å²) < 4.78 is 14.2. The molecule has 1 aromatic rings. The lowest BCUT2D eigenvalue weighted by Gasteiger charge is -2.24. The van der Waals surface area contributed by atoms with Crippen LogP contribution in [0.1, 0.15) is 24.5 Å². The van der Waals surface area contributed by atoms with Crippen LogP contribution in [0.2, 0.25) is 0 Å². The SMILES string of the molecule is C=CCN(c1cc2c(cc1F)C(O)C(=O)N2)C1CC1. The van der Waals surface area contributed by atoms with Crippen molar-refractivity contribution in [3.8, 4) is 0 Å². The fraction of sp³-hybridized carbons (Fsp3) is 0.357. The van der Waals surface area contributed by atoms with Crippen molar-refractivity contribution in [3.05, 3.63) is 36.2 Å². The number of carbonyl (C=O) groups excluding carboxylic acids is 1. The Morgan fingerprint density at radius 3 is 2.89 bits per heavy atom. The molecule has 2 N–H and O–H groups in total. The number of fused-ring (bicyclic) bond motifs is 1. The van der Waals surface area contributed by atoms with E-state index in [1.807, 2.05) is 4.90 Å². The van der Waals surface area contributed by atoms with Gasteiger partial charge < -0.3 is 15.3 Å². The van der Waals surface area contributed by atoms with Crippen LogP contribution in [0.25, 0.3) is 0 Å². The van der Waals surface area contributed by atoms with Gasteiger partial charge in [0.1, 0.15) is 5.82 Å². The van der Waals surface area contributed by atoms with Gasteiger partial charge in [-0.1, -0.05) is 6.08 Å². The molecule has 4 nitrogen and oxygen atoms in total. The Hall–Kier alpha value is -1.88. The fourth-order valence-corrected chi connectivity index (χ4v) is 2.44. The molecule has 1 saturated carbocycles. The highest BCUT2D eigenvalue weighted by Gasteiger charge is 2.34. The molecule has 1 fully saturated rings. The summed E-state index contributed by atoms with van der Waals surface area (Å²) in [7, 11) is 0. The molecule has 1 unspecified atom stereocenters. The minimum Gasteiger partial charge on any atom is -0.378 e. The number of hydrogen-bond donors (Lipinski definition) is 2. The van der Waals surface area contributed by atoms with E-state index in [4.69, 9.17) is 0 Å². The zero-order valence-corrected chi connectivity index (χ0v) is 10.4. The van der Waals surface area contributed by atoms with Crippen molar-refractivity contribution in [1.29, 1.82) is 0 Å². The van der Waals surface area contributed by atoms with Gasteiger partial charge in [0.15, 0.2) is 6.10 Å². The predicted molar refractivity (Wildman–Crippen MR) is 70.6 cm³/mol. The summed E-state index contributed by atoms with van der Waals surface area (Å²) in [6, 6.07) is 3.18. The first kappa shape index (κ1) is 12.2. The first-order chi connectivity index (χ1) is 9.11. The molecule has 1 aliphatic heterocycles. The average molecular weight is 262 g/mol. The highest BCUT2D eigenvalue weighted by molar-refractivity contribution is 6.02. The maximum Gasteiger partial charge on any atom is 0.257 e. The molecule has 1 amide bonds. The molecule has 0 bridgehead atoms. The number of nitrogens with one attached hydrogen (secondary N) is 1. The third-order valence-corrected chi connectivity index (χ3v) is 3.54. The zero-order valence-electron chi connectivity index (χ0n) is 10.4. The lowest BCUT2D eigenvalue weighted by molar-refractivity contribution is -0.123. The smallest absolute Gasteiger partial charge is 0.257 e. The van der Waals surface area contributed by atoms with Crippen molar-refractivity contribution in [2.24, 2.45) is 0 Å². The second kappa shape index (κ2) is 4.35. The largest absolute Gasteiger partial charge is 0.378 e. The molecule has 1 aromatic carbocycles. The van der Waals surface area contributed by atoms with Crippen LogP contribution in [0.5, 0.6) is 0 Å². The topological polar surface area (TPSA) is 52.6 Å². The summed E-state index contributed by atoms with van der Waals surface area (Å²) >= 11 is 0. The number of carbonyl (C=O) groups is 1. The van der Waals surface area contributed by atoms with E-state index in [-0.39, 0.29) is 0 Å². The molecule has 2 aliphatic rings. The second-order valence-electron chi connectivity index (χ2n) is 4.95. The number of nitrogens with zero attached hydrogens (tertiary/aromatic N) is 1. The van der Waals surface area contributed by atoms with Gasteiger partial charge in [0.05, 0.1) is 5.69 Å². The van der Waals surface area contributed by atoms with Crippen molar-refractivity contribution in [3.63, 3.8) is 0 Å². The number of halogens is 1. The first-order valence-corrected chi connectivity index (χ1v) is 6.31. The van der Waals surface area contributed by atoms with Gasteiger partial charge in [0, 0.05) is 23.8 Å². The zero-order chi connectivity index (χ0) is 13.6. The van der Waals surface area contributed by atoms with Crippen LogP contribution < -0.4 is 10.2 Å². The summed E-state index contributed by atoms with van der Waals surface area (Å²) in [6.07, 6.45) is 2.55. The van der Waals surface area contributed by atoms with Gasteiger partial charge in [0.25, 0.3) is 5.91 Å². The van der Waals surface area contributed by atoms with Crippen LogP contribution in [0.3, 0.4) is 0 Å². The number of hydrogen-bond acceptors (Lipinski definition) is 3. The third-order valence-electron chi connectivity index (χ3n) is 3.54. The highest BCUT2D eigenvalue weighted by Crippen LogP contribution is 2.39. The van der Waals surface area contributed by atoms with Crippen LogP contribution in [0, 0.1) is 5.82 Å². The monoisotopic (exact) mass is 262 g/mol. The molecule has 1 atom stereocenters. The van der Waals surface area contributed by atoms with Crippen molar-refractivity contribution >= 4 is 17.3 Å². The maximum absolute atomic E-state index is 14.2. The van der Waals surface area contributed by atoms with Crippen LogP contribution in [-0.4, -0.2) is 23.6 Å². The normalized spacial score (nSPS) is 20.9. The average Bonchev–Trinajstić information content (AvgIpc) is 3.17. The summed E-state index contributed by atoms with van der Waals surface area (Å²) in [5, 5.41) is 12.2. The molecule has 0 aromatic heterocycles. The molecule has 1 heterocycles. The van der Waals surface area contributed by atoms with Crippen LogP contribution in [-0.2, 0) is 4.79 Å². The Morgan fingerprint density at radius 1 is 1.53 bits per heavy atom. The molecule has 1 aliphatic carbocycles. The van der Waals surface area contributed by atoms with Crippen LogP contribution in [0.4, 0.5) is 15.8 Å². The highest BCUT2D eigenvalue weighted by atomic mass is 19.1. The number of amides is 1. The number of aliphatic hydroxyl groups is 1. The van der Waals surface area contributed by atoms with Gasteiger partial charge in [-0.25, -0.2) is 4.39 Å². The molecule has 100 valence electrons. The quantitative estimate of drug-likeness (QED) is 0.816. The summed E-state index contributed by atoms with van der Waals surface area (Å²) in [6.45, 7) is 4.25. The summed E-state index contributed by atoms with van der Waals surface area (Å²) in [5.41, 5.74) is 1.25. The van der Waals surface area contributed by atoms with E-state index in [1.54, 1.807) is 12.1 Å². The van der Waals surface area contributed by atoms with Gasteiger partial charge in [-0.15, -0.1) is 6.58 Å². The van der Waals surface area contributed by atoms with Crippen molar-refractivity contribution in [2.75, 3.05) is 16.8 Å². The standard InChI is InChI=1S/C14H15FN2O2/c1-2-5-17(8-3-4-8)12-7-11-9(6-10(12)15)13(18)14(19)16-11/h2,6-8,13,18H,1,3-5H2,(H,16,19). The molecule has 0 radical (unpaired) electrons. The van der Waals surface area contributed by atoms with Crippen molar-refractivity contribution in [2.45, 2.75) is 25.0 Å². The van der Waals surface area contributed by atoms with E-state index in [0.717, 1.165) is 12.8 Å². The van der Waals surface area contributed by atoms with E-state index in [9.17, 15) is 14.3 Å². The van der Waals surface area contributed by atoms with E-state index in [0.29, 0.717) is 29.5 Å². The van der Waals surface area contributed by atoms with Gasteiger partial charge >= 0.3 is 0 Å². The van der Waals surface area contributed by atoms with E-state index in [1.165, 1.54) is 6.07 Å². The van der Waals surface area contributed by atoms with E-state index < -0.39 is 17.8 Å². The number of anilines is 2. The Kier molecular flexibility index (Phi) is 2.78. The first-order valence-electron chi connectivity index (χ1n) is 6.31. The predicted octanol–water partition coefficient (Wildman–Crippen LogP) is 1.97. The lowest BCUT2D eigenvalue weighted by atomic mass is 10.1. The minimum atomic E-state index is -1.27. The Morgan fingerprint density at radius 2 is 2.26 bits per heavy atom. The maximum atomic E-state index is 14.2. The van der Waals surface area contributed by atoms with Gasteiger partial charge in [-0.3, -0.25) is 4.79 Å². The Labute approximate surface area is 110 Å². The van der Waals surface area contributed by atoms with E-state index >= 15 is 0 Å². The van der Waals surface area contributed by atoms with Gasteiger partial charge in [-0.05, 0) is 25.0 Å². The summed E-state index contributed by atoms with van der Waals surface area (Å²) in [5.74, 6) is -0.920. The third kappa shape index (κ3) is 2.00. The fourth-order valence-electron chi connectivity index (χ4n) is 2.44. The molecule has 5 heteroatoms. The summed E-state index contributed by atoms with van der Waals surface area (Å²) in [4.78, 5) is 13.3. The molecule has 19 heavy (non-hydrogen) atoms. The number of aliphatic hydroxyl groups excluding tert-OH is 1. The van der Waals surface area contributed by atoms with Crippen LogP contribution in [0.15, 0.2) is 24.8 Å². The Bertz CT molecular complexity index is 555. The molecule has 0 saturated heterocycles. The molecular formula is C14H15FN2O2. The second-order valence-corrected chi connectivity index (χ2v) is 4.95. The Balaban J connectivity index is 2.01. The van der Waals surface area contributed by atoms with Crippen molar-refractivity contribution < 1.29 is 14.3 Å².